The first-order valence-corrected chi connectivity index (χ1v) is 4.83. The van der Waals surface area contributed by atoms with Crippen molar-refractivity contribution in [2.75, 3.05) is 26.2 Å². The van der Waals surface area contributed by atoms with E-state index in [-0.39, 0.29) is 0 Å². The number of nitrogens with zero attached hydrogens (tertiary/aromatic N) is 1. The van der Waals surface area contributed by atoms with Gasteiger partial charge in [-0.25, -0.2) is 0 Å². The Balaban J connectivity index is 1.98. The van der Waals surface area contributed by atoms with E-state index in [1.165, 1.54) is 6.26 Å². The predicted molar refractivity (Wildman–Crippen MR) is 52.2 cm³/mol. The van der Waals surface area contributed by atoms with Crippen LogP contribution in [0.4, 0.5) is 0 Å². The molecule has 1 N–H and O–H groups in total. The number of rotatable bonds is 3. The topological polar surface area (TPSA) is 45.5 Å². The molecule has 0 atom stereocenters. The Morgan fingerprint density at radius 3 is 2.93 bits per heavy atom. The number of piperazine rings is 1. The summed E-state index contributed by atoms with van der Waals surface area (Å²) < 4.78 is 5.00. The SMILES string of the molecule is O=Cc1cocc1CN1CCNCC1. The van der Waals surface area contributed by atoms with Gasteiger partial charge in [0.1, 0.15) is 6.26 Å². The van der Waals surface area contributed by atoms with Crippen LogP contribution in [0, 0.1) is 0 Å². The van der Waals surface area contributed by atoms with E-state index >= 15 is 0 Å². The average Bonchev–Trinajstić information content (AvgIpc) is 2.67. The standard InChI is InChI=1S/C10H14N2O2/c13-6-10-8-14-7-9(10)5-12-3-1-11-2-4-12/h6-8,11H,1-5H2. The second kappa shape index (κ2) is 4.39. The first kappa shape index (κ1) is 9.43. The summed E-state index contributed by atoms with van der Waals surface area (Å²) in [5.74, 6) is 0. The zero-order valence-corrected chi connectivity index (χ0v) is 8.03. The van der Waals surface area contributed by atoms with Crippen LogP contribution >= 0.6 is 0 Å². The van der Waals surface area contributed by atoms with E-state index in [0.717, 1.165) is 44.6 Å². The monoisotopic (exact) mass is 194 g/mol. The van der Waals surface area contributed by atoms with Gasteiger partial charge in [0.2, 0.25) is 0 Å². The molecule has 0 amide bonds. The molecule has 14 heavy (non-hydrogen) atoms. The molecule has 1 saturated heterocycles. The fraction of sp³-hybridized carbons (Fsp3) is 0.500. The number of nitrogens with one attached hydrogen (secondary N) is 1. The lowest BCUT2D eigenvalue weighted by molar-refractivity contribution is 0.112. The van der Waals surface area contributed by atoms with Crippen molar-refractivity contribution in [1.29, 1.82) is 0 Å². The van der Waals surface area contributed by atoms with Crippen molar-refractivity contribution in [1.82, 2.24) is 10.2 Å². The summed E-state index contributed by atoms with van der Waals surface area (Å²) in [4.78, 5) is 13.0. The van der Waals surface area contributed by atoms with Gasteiger partial charge >= 0.3 is 0 Å². The van der Waals surface area contributed by atoms with E-state index in [9.17, 15) is 4.79 Å². The van der Waals surface area contributed by atoms with Gasteiger partial charge in [0.15, 0.2) is 6.29 Å². The van der Waals surface area contributed by atoms with E-state index < -0.39 is 0 Å². The zero-order chi connectivity index (χ0) is 9.80. The third-order valence-electron chi connectivity index (χ3n) is 2.51. The summed E-state index contributed by atoms with van der Waals surface area (Å²) in [6.07, 6.45) is 4.01. The van der Waals surface area contributed by atoms with Crippen LogP contribution in [0.2, 0.25) is 0 Å². The Morgan fingerprint density at radius 1 is 1.43 bits per heavy atom. The van der Waals surface area contributed by atoms with Gasteiger partial charge in [0.25, 0.3) is 0 Å². The number of furan rings is 1. The molecule has 0 aliphatic carbocycles. The van der Waals surface area contributed by atoms with Crippen LogP contribution in [0.25, 0.3) is 0 Å². The van der Waals surface area contributed by atoms with E-state index in [1.54, 1.807) is 6.26 Å². The molecule has 4 heteroatoms. The van der Waals surface area contributed by atoms with Crippen LogP contribution in [-0.2, 0) is 6.54 Å². The molecule has 2 rings (SSSR count). The fourth-order valence-electron chi connectivity index (χ4n) is 1.68. The number of hydrogen-bond donors (Lipinski definition) is 1. The van der Waals surface area contributed by atoms with Gasteiger partial charge < -0.3 is 9.73 Å². The number of carbonyl (C=O) groups is 1. The minimum absolute atomic E-state index is 0.670. The molecule has 0 radical (unpaired) electrons. The van der Waals surface area contributed by atoms with Gasteiger partial charge in [-0.2, -0.15) is 0 Å². The number of carbonyl (C=O) groups excluding carboxylic acids is 1. The van der Waals surface area contributed by atoms with Crippen LogP contribution < -0.4 is 5.32 Å². The van der Waals surface area contributed by atoms with Crippen molar-refractivity contribution in [2.45, 2.75) is 6.54 Å². The summed E-state index contributed by atoms with van der Waals surface area (Å²) in [5.41, 5.74) is 1.66. The molecule has 0 saturated carbocycles. The van der Waals surface area contributed by atoms with Gasteiger partial charge in [-0.1, -0.05) is 0 Å². The van der Waals surface area contributed by atoms with E-state index in [0.29, 0.717) is 5.56 Å². The summed E-state index contributed by atoms with van der Waals surface area (Å²) in [6, 6.07) is 0. The predicted octanol–water partition coefficient (Wildman–Crippen LogP) is 0.497. The second-order valence-corrected chi connectivity index (χ2v) is 3.50. The van der Waals surface area contributed by atoms with Gasteiger partial charge in [0, 0.05) is 38.3 Å². The third kappa shape index (κ3) is 2.02. The van der Waals surface area contributed by atoms with Crippen LogP contribution in [0.3, 0.4) is 0 Å². The first-order chi connectivity index (χ1) is 6.90. The zero-order valence-electron chi connectivity index (χ0n) is 8.03. The molecular weight excluding hydrogens is 180 g/mol. The van der Waals surface area contributed by atoms with Crippen LogP contribution in [0.5, 0.6) is 0 Å². The Kier molecular flexibility index (Phi) is 2.96. The van der Waals surface area contributed by atoms with Crippen LogP contribution in [0.15, 0.2) is 16.9 Å². The molecule has 1 aromatic rings. The molecule has 4 nitrogen and oxygen atoms in total. The quantitative estimate of drug-likeness (QED) is 0.712. The van der Waals surface area contributed by atoms with Crippen LogP contribution in [-0.4, -0.2) is 37.4 Å². The van der Waals surface area contributed by atoms with Crippen molar-refractivity contribution in [3.8, 4) is 0 Å². The highest BCUT2D eigenvalue weighted by Crippen LogP contribution is 2.11. The minimum atomic E-state index is 0.670. The summed E-state index contributed by atoms with van der Waals surface area (Å²) in [5, 5.41) is 3.29. The van der Waals surface area contributed by atoms with Crippen LogP contribution in [0.1, 0.15) is 15.9 Å². The first-order valence-electron chi connectivity index (χ1n) is 4.83. The molecular formula is C10H14N2O2. The smallest absolute Gasteiger partial charge is 0.153 e. The van der Waals surface area contributed by atoms with E-state index in [1.807, 2.05) is 0 Å². The summed E-state index contributed by atoms with van der Waals surface area (Å²) in [6.45, 7) is 4.92. The lowest BCUT2D eigenvalue weighted by Gasteiger charge is -2.26. The number of aldehydes is 1. The second-order valence-electron chi connectivity index (χ2n) is 3.50. The maximum atomic E-state index is 10.6. The molecule has 1 aliphatic rings. The third-order valence-corrected chi connectivity index (χ3v) is 2.51. The van der Waals surface area contributed by atoms with E-state index in [4.69, 9.17) is 4.42 Å². The van der Waals surface area contributed by atoms with E-state index in [2.05, 4.69) is 10.2 Å². The molecule has 1 aromatic heterocycles. The normalized spacial score (nSPS) is 18.3. The van der Waals surface area contributed by atoms with Gasteiger partial charge in [-0.15, -0.1) is 0 Å². The van der Waals surface area contributed by atoms with Gasteiger partial charge in [-0.05, 0) is 0 Å². The Labute approximate surface area is 82.9 Å². The van der Waals surface area contributed by atoms with Crippen molar-refractivity contribution in [3.63, 3.8) is 0 Å². The van der Waals surface area contributed by atoms with Crippen molar-refractivity contribution < 1.29 is 9.21 Å². The molecule has 1 aliphatic heterocycles. The molecule has 0 unspecified atom stereocenters. The van der Waals surface area contributed by atoms with Gasteiger partial charge in [-0.3, -0.25) is 9.69 Å². The van der Waals surface area contributed by atoms with Crippen molar-refractivity contribution in [3.05, 3.63) is 23.7 Å². The van der Waals surface area contributed by atoms with Crippen molar-refractivity contribution >= 4 is 6.29 Å². The maximum absolute atomic E-state index is 10.6. The molecule has 0 bridgehead atoms. The number of hydrogen-bond acceptors (Lipinski definition) is 4. The van der Waals surface area contributed by atoms with Gasteiger partial charge in [0.05, 0.1) is 11.8 Å². The summed E-state index contributed by atoms with van der Waals surface area (Å²) in [7, 11) is 0. The highest BCUT2D eigenvalue weighted by molar-refractivity contribution is 5.76. The molecule has 0 spiro atoms. The maximum Gasteiger partial charge on any atom is 0.153 e. The minimum Gasteiger partial charge on any atom is -0.472 e. The van der Waals surface area contributed by atoms with Crippen molar-refractivity contribution in [2.24, 2.45) is 0 Å². The summed E-state index contributed by atoms with van der Waals surface area (Å²) >= 11 is 0. The molecule has 2 heterocycles. The average molecular weight is 194 g/mol. The lowest BCUT2D eigenvalue weighted by atomic mass is 10.2. The molecule has 76 valence electrons. The Hall–Kier alpha value is -1.13. The lowest BCUT2D eigenvalue weighted by Crippen LogP contribution is -2.42. The molecule has 0 aromatic carbocycles. The highest BCUT2D eigenvalue weighted by atomic mass is 16.3. The fourth-order valence-corrected chi connectivity index (χ4v) is 1.68. The molecule has 1 fully saturated rings. The Morgan fingerprint density at radius 2 is 2.21 bits per heavy atom. The highest BCUT2D eigenvalue weighted by Gasteiger charge is 2.12. The Bertz CT molecular complexity index is 303. The largest absolute Gasteiger partial charge is 0.472 e.